The van der Waals surface area contributed by atoms with Gasteiger partial charge in [0.2, 0.25) is 0 Å². The number of anilines is 1. The van der Waals surface area contributed by atoms with Gasteiger partial charge >= 0.3 is 12.3 Å². The number of halogens is 3. The van der Waals surface area contributed by atoms with E-state index in [1.807, 2.05) is 25.7 Å². The molecule has 5 heterocycles. The SMILES string of the molecule is CC(C)(C)OC(=O)N1C2CC1CN(c1ccc3nnc(C(F)(F)F)n3n1)C2. The number of fused-ring (bicyclic) bond motifs is 3. The van der Waals surface area contributed by atoms with Crippen LogP contribution in [0, 0.1) is 0 Å². The molecule has 3 saturated heterocycles. The van der Waals surface area contributed by atoms with E-state index in [4.69, 9.17) is 4.74 Å². The first kappa shape index (κ1) is 17.8. The second-order valence-electron chi connectivity index (χ2n) is 7.82. The van der Waals surface area contributed by atoms with Crippen LogP contribution < -0.4 is 4.90 Å². The van der Waals surface area contributed by atoms with Crippen molar-refractivity contribution in [2.75, 3.05) is 18.0 Å². The van der Waals surface area contributed by atoms with Gasteiger partial charge in [0.1, 0.15) is 11.4 Å². The van der Waals surface area contributed by atoms with E-state index in [1.165, 1.54) is 6.07 Å². The molecule has 8 nitrogen and oxygen atoms in total. The standard InChI is InChI=1S/C16H19F3N6O2/c1-15(2,3)27-14(26)24-9-6-10(24)8-23(7-9)12-5-4-11-20-21-13(16(17,18)19)25(11)22-12/h4-5,9-10H,6-8H2,1-3H3. The minimum Gasteiger partial charge on any atom is -0.444 e. The maximum atomic E-state index is 13.0. The van der Waals surface area contributed by atoms with Crippen LogP contribution in [0.15, 0.2) is 12.1 Å². The molecule has 0 radical (unpaired) electrons. The summed E-state index contributed by atoms with van der Waals surface area (Å²) in [4.78, 5) is 15.9. The summed E-state index contributed by atoms with van der Waals surface area (Å²) >= 11 is 0. The summed E-state index contributed by atoms with van der Waals surface area (Å²) in [6, 6.07) is 2.99. The molecule has 0 aliphatic carbocycles. The van der Waals surface area contributed by atoms with E-state index in [-0.39, 0.29) is 23.8 Å². The quantitative estimate of drug-likeness (QED) is 0.751. The fourth-order valence-corrected chi connectivity index (χ4v) is 3.53. The predicted octanol–water partition coefficient (Wildman–Crippen LogP) is 2.34. The molecule has 2 atom stereocenters. The van der Waals surface area contributed by atoms with Crippen LogP contribution in [0.5, 0.6) is 0 Å². The fourth-order valence-electron chi connectivity index (χ4n) is 3.53. The first-order valence-corrected chi connectivity index (χ1v) is 8.59. The Morgan fingerprint density at radius 1 is 1.15 bits per heavy atom. The minimum absolute atomic E-state index is 0.0311. The average molecular weight is 384 g/mol. The lowest BCUT2D eigenvalue weighted by Crippen LogP contribution is -2.70. The molecule has 5 rings (SSSR count). The summed E-state index contributed by atoms with van der Waals surface area (Å²) in [5.41, 5.74) is -0.543. The second-order valence-corrected chi connectivity index (χ2v) is 7.82. The largest absolute Gasteiger partial charge is 0.453 e. The van der Waals surface area contributed by atoms with Gasteiger partial charge in [-0.05, 0) is 39.3 Å². The van der Waals surface area contributed by atoms with Crippen LogP contribution in [0.2, 0.25) is 0 Å². The van der Waals surface area contributed by atoms with Crippen LogP contribution in [0.4, 0.5) is 23.8 Å². The monoisotopic (exact) mass is 384 g/mol. The van der Waals surface area contributed by atoms with Gasteiger partial charge in [0.15, 0.2) is 5.65 Å². The first-order chi connectivity index (χ1) is 12.5. The molecule has 2 aromatic rings. The smallest absolute Gasteiger partial charge is 0.444 e. The molecule has 27 heavy (non-hydrogen) atoms. The molecule has 2 aromatic heterocycles. The highest BCUT2D eigenvalue weighted by molar-refractivity contribution is 5.71. The Bertz CT molecular complexity index is 878. The zero-order chi connectivity index (χ0) is 19.6. The topological polar surface area (TPSA) is 75.9 Å². The molecular formula is C16H19F3N6O2. The van der Waals surface area contributed by atoms with E-state index in [0.717, 1.165) is 6.42 Å². The summed E-state index contributed by atoms with van der Waals surface area (Å²) in [5, 5.41) is 10.8. The van der Waals surface area contributed by atoms with E-state index in [2.05, 4.69) is 15.3 Å². The van der Waals surface area contributed by atoms with E-state index in [9.17, 15) is 18.0 Å². The Morgan fingerprint density at radius 2 is 1.81 bits per heavy atom. The van der Waals surface area contributed by atoms with Gasteiger partial charge in [-0.3, -0.25) is 4.90 Å². The van der Waals surface area contributed by atoms with Crippen LogP contribution in [-0.4, -0.2) is 61.6 Å². The zero-order valence-electron chi connectivity index (χ0n) is 15.1. The van der Waals surface area contributed by atoms with Gasteiger partial charge in [0, 0.05) is 13.1 Å². The second kappa shape index (κ2) is 5.70. The Balaban J connectivity index is 1.53. The van der Waals surface area contributed by atoms with Crippen LogP contribution in [0.3, 0.4) is 0 Å². The van der Waals surface area contributed by atoms with E-state index in [0.29, 0.717) is 23.4 Å². The first-order valence-electron chi connectivity index (χ1n) is 8.59. The highest BCUT2D eigenvalue weighted by atomic mass is 19.4. The lowest BCUT2D eigenvalue weighted by molar-refractivity contribution is -0.146. The van der Waals surface area contributed by atoms with Crippen LogP contribution in [-0.2, 0) is 10.9 Å². The van der Waals surface area contributed by atoms with Crippen molar-refractivity contribution < 1.29 is 22.7 Å². The molecule has 3 aliphatic heterocycles. The van der Waals surface area contributed by atoms with Gasteiger partial charge in [-0.25, -0.2) is 4.79 Å². The predicted molar refractivity (Wildman–Crippen MR) is 88.3 cm³/mol. The third kappa shape index (κ3) is 3.15. The van der Waals surface area contributed by atoms with Crippen molar-refractivity contribution in [3.8, 4) is 0 Å². The van der Waals surface area contributed by atoms with E-state index < -0.39 is 17.6 Å². The number of carbonyl (C=O) groups is 1. The molecule has 1 amide bonds. The van der Waals surface area contributed by atoms with Crippen molar-refractivity contribution >= 4 is 17.6 Å². The van der Waals surface area contributed by atoms with E-state index in [1.54, 1.807) is 11.0 Å². The molecule has 0 saturated carbocycles. The molecule has 0 N–H and O–H groups in total. The summed E-state index contributed by atoms with van der Waals surface area (Å²) in [6.45, 7) is 6.39. The number of aromatic nitrogens is 4. The average Bonchev–Trinajstić information content (AvgIpc) is 2.96. The maximum Gasteiger partial charge on any atom is 0.453 e. The number of hydrogen-bond donors (Lipinski definition) is 0. The molecule has 3 aliphatic rings. The molecule has 0 aromatic carbocycles. The van der Waals surface area contributed by atoms with Crippen molar-refractivity contribution in [1.29, 1.82) is 0 Å². The number of alkyl halides is 3. The molecule has 0 spiro atoms. The molecule has 3 fully saturated rings. The number of hydrogen-bond acceptors (Lipinski definition) is 6. The number of rotatable bonds is 1. The summed E-state index contributed by atoms with van der Waals surface area (Å²) < 4.78 is 45.2. The maximum absolute atomic E-state index is 13.0. The zero-order valence-corrected chi connectivity index (χ0v) is 15.1. The highest BCUT2D eigenvalue weighted by Gasteiger charge is 2.49. The molecule has 2 bridgehead atoms. The van der Waals surface area contributed by atoms with Gasteiger partial charge in [0.05, 0.1) is 12.1 Å². The van der Waals surface area contributed by atoms with Crippen molar-refractivity contribution in [3.05, 3.63) is 18.0 Å². The highest BCUT2D eigenvalue weighted by Crippen LogP contribution is 2.35. The molecular weight excluding hydrogens is 365 g/mol. The number of piperidine rings is 1. The Hall–Kier alpha value is -2.59. The van der Waals surface area contributed by atoms with Gasteiger partial charge in [-0.15, -0.1) is 15.3 Å². The molecule has 11 heteroatoms. The minimum atomic E-state index is -4.64. The Morgan fingerprint density at radius 3 is 2.41 bits per heavy atom. The lowest BCUT2D eigenvalue weighted by atomic mass is 9.88. The molecule has 146 valence electrons. The van der Waals surface area contributed by atoms with Crippen LogP contribution in [0.25, 0.3) is 5.65 Å². The third-order valence-electron chi connectivity index (χ3n) is 4.62. The van der Waals surface area contributed by atoms with Gasteiger partial charge in [-0.2, -0.15) is 17.7 Å². The Kier molecular flexibility index (Phi) is 3.76. The third-order valence-corrected chi connectivity index (χ3v) is 4.62. The van der Waals surface area contributed by atoms with Gasteiger partial charge < -0.3 is 9.64 Å². The summed E-state index contributed by atoms with van der Waals surface area (Å²) in [7, 11) is 0. The number of nitrogens with zero attached hydrogens (tertiary/aromatic N) is 6. The molecule has 2 unspecified atom stereocenters. The Labute approximate surface area is 152 Å². The number of carbonyl (C=O) groups excluding carboxylic acids is 1. The van der Waals surface area contributed by atoms with Crippen molar-refractivity contribution in [3.63, 3.8) is 0 Å². The summed E-state index contributed by atoms with van der Waals surface area (Å²) in [5.74, 6) is -0.761. The van der Waals surface area contributed by atoms with Crippen molar-refractivity contribution in [2.24, 2.45) is 0 Å². The number of amides is 1. The number of piperazine rings is 1. The van der Waals surface area contributed by atoms with E-state index >= 15 is 0 Å². The number of ether oxygens (including phenoxy) is 1. The van der Waals surface area contributed by atoms with Crippen LogP contribution in [0.1, 0.15) is 33.0 Å². The normalized spacial score (nSPS) is 22.7. The van der Waals surface area contributed by atoms with Crippen molar-refractivity contribution in [2.45, 2.75) is 51.1 Å². The summed E-state index contributed by atoms with van der Waals surface area (Å²) in [6.07, 6.45) is -4.15. The van der Waals surface area contributed by atoms with Crippen molar-refractivity contribution in [1.82, 2.24) is 24.7 Å². The van der Waals surface area contributed by atoms with Crippen LogP contribution >= 0.6 is 0 Å². The fraction of sp³-hybridized carbons (Fsp3) is 0.625. The van der Waals surface area contributed by atoms with Gasteiger partial charge in [0.25, 0.3) is 5.82 Å². The van der Waals surface area contributed by atoms with Gasteiger partial charge in [-0.1, -0.05) is 0 Å². The lowest BCUT2D eigenvalue weighted by Gasteiger charge is -2.55.